The summed E-state index contributed by atoms with van der Waals surface area (Å²) in [6.07, 6.45) is 2.45. The Morgan fingerprint density at radius 3 is 2.36 bits per heavy atom. The fraction of sp³-hybridized carbons (Fsp3) is 0.333. The van der Waals surface area contributed by atoms with Crippen LogP contribution < -0.4 is 5.43 Å². The summed E-state index contributed by atoms with van der Waals surface area (Å²) in [5.41, 5.74) is 6.09. The first kappa shape index (κ1) is 17.2. The van der Waals surface area contributed by atoms with Crippen LogP contribution in [0.3, 0.4) is 0 Å². The molecular formula is C21H24N2O2. The van der Waals surface area contributed by atoms with Gasteiger partial charge in [0.1, 0.15) is 5.75 Å². The van der Waals surface area contributed by atoms with E-state index < -0.39 is 0 Å². The highest BCUT2D eigenvalue weighted by atomic mass is 16.3. The molecule has 0 bridgehead atoms. The van der Waals surface area contributed by atoms with Gasteiger partial charge in [0.05, 0.1) is 6.21 Å². The Bertz CT molecular complexity index is 771. The molecule has 0 spiro atoms. The van der Waals surface area contributed by atoms with Crippen LogP contribution in [0.1, 0.15) is 49.8 Å². The van der Waals surface area contributed by atoms with Crippen LogP contribution in [0.15, 0.2) is 53.6 Å². The van der Waals surface area contributed by atoms with E-state index in [2.05, 4.69) is 55.6 Å². The van der Waals surface area contributed by atoms with Crippen LogP contribution in [0.4, 0.5) is 0 Å². The van der Waals surface area contributed by atoms with Crippen molar-refractivity contribution in [3.63, 3.8) is 0 Å². The zero-order valence-electron chi connectivity index (χ0n) is 14.9. The van der Waals surface area contributed by atoms with Gasteiger partial charge < -0.3 is 5.11 Å². The van der Waals surface area contributed by atoms with Gasteiger partial charge in [0, 0.05) is 5.92 Å². The lowest BCUT2D eigenvalue weighted by Crippen LogP contribution is -2.20. The third kappa shape index (κ3) is 4.27. The molecule has 2 unspecified atom stereocenters. The van der Waals surface area contributed by atoms with Gasteiger partial charge in [-0.2, -0.15) is 5.10 Å². The Morgan fingerprint density at radius 1 is 1.12 bits per heavy atom. The van der Waals surface area contributed by atoms with Crippen molar-refractivity contribution in [2.45, 2.75) is 38.5 Å². The van der Waals surface area contributed by atoms with Crippen molar-refractivity contribution < 1.29 is 9.90 Å². The van der Waals surface area contributed by atoms with E-state index in [1.807, 2.05) is 0 Å². The Balaban J connectivity index is 1.54. The number of nitrogens with zero attached hydrogens (tertiary/aromatic N) is 1. The predicted octanol–water partition coefficient (Wildman–Crippen LogP) is 3.94. The number of hydrogen-bond acceptors (Lipinski definition) is 3. The van der Waals surface area contributed by atoms with Gasteiger partial charge in [-0.25, -0.2) is 5.43 Å². The van der Waals surface area contributed by atoms with Gasteiger partial charge in [-0.05, 0) is 58.7 Å². The summed E-state index contributed by atoms with van der Waals surface area (Å²) in [4.78, 5) is 12.2. The van der Waals surface area contributed by atoms with Gasteiger partial charge in [-0.3, -0.25) is 4.79 Å². The molecule has 0 heterocycles. The van der Waals surface area contributed by atoms with E-state index >= 15 is 0 Å². The highest BCUT2D eigenvalue weighted by Crippen LogP contribution is 2.47. The first-order chi connectivity index (χ1) is 11.8. The summed E-state index contributed by atoms with van der Waals surface area (Å²) < 4.78 is 0. The quantitative estimate of drug-likeness (QED) is 0.656. The lowest BCUT2D eigenvalue weighted by atomic mass is 9.86. The number of amides is 1. The first-order valence-corrected chi connectivity index (χ1v) is 8.57. The monoisotopic (exact) mass is 336 g/mol. The van der Waals surface area contributed by atoms with E-state index in [4.69, 9.17) is 0 Å². The molecule has 0 aliphatic heterocycles. The number of carbonyl (C=O) groups is 1. The summed E-state index contributed by atoms with van der Waals surface area (Å²) in [7, 11) is 0. The third-order valence-electron chi connectivity index (χ3n) is 4.61. The van der Waals surface area contributed by atoms with E-state index in [1.54, 1.807) is 30.5 Å². The van der Waals surface area contributed by atoms with Crippen LogP contribution in [0.25, 0.3) is 0 Å². The largest absolute Gasteiger partial charge is 0.508 e. The summed E-state index contributed by atoms with van der Waals surface area (Å²) in [6.45, 7) is 6.59. The minimum absolute atomic E-state index is 0.00236. The summed E-state index contributed by atoms with van der Waals surface area (Å²) >= 11 is 0. The number of hydrazone groups is 1. The molecule has 0 radical (unpaired) electrons. The van der Waals surface area contributed by atoms with Crippen LogP contribution in [0.2, 0.25) is 0 Å². The van der Waals surface area contributed by atoms with Crippen molar-refractivity contribution in [2.75, 3.05) is 0 Å². The Kier molecular flexibility index (Phi) is 4.62. The Labute approximate surface area is 148 Å². The molecular weight excluding hydrogens is 312 g/mol. The number of benzene rings is 2. The highest BCUT2D eigenvalue weighted by molar-refractivity contribution is 5.85. The lowest BCUT2D eigenvalue weighted by Gasteiger charge is -2.19. The van der Waals surface area contributed by atoms with E-state index in [1.165, 1.54) is 11.1 Å². The summed E-state index contributed by atoms with van der Waals surface area (Å²) in [5, 5.41) is 13.2. The minimum atomic E-state index is -0.0417. The molecule has 1 aliphatic rings. The van der Waals surface area contributed by atoms with Gasteiger partial charge in [0.2, 0.25) is 5.91 Å². The van der Waals surface area contributed by atoms with Gasteiger partial charge in [-0.15, -0.1) is 0 Å². The zero-order valence-corrected chi connectivity index (χ0v) is 14.9. The summed E-state index contributed by atoms with van der Waals surface area (Å²) in [5.74, 6) is 0.453. The van der Waals surface area contributed by atoms with Crippen LogP contribution in [0, 0.1) is 5.92 Å². The van der Waals surface area contributed by atoms with Crippen LogP contribution in [-0.2, 0) is 10.2 Å². The van der Waals surface area contributed by atoms with Crippen LogP contribution >= 0.6 is 0 Å². The molecule has 25 heavy (non-hydrogen) atoms. The highest BCUT2D eigenvalue weighted by Gasteiger charge is 2.43. The second-order valence-corrected chi connectivity index (χ2v) is 7.65. The lowest BCUT2D eigenvalue weighted by molar-refractivity contribution is -0.122. The van der Waals surface area contributed by atoms with Gasteiger partial charge >= 0.3 is 0 Å². The molecule has 0 saturated heterocycles. The van der Waals surface area contributed by atoms with E-state index in [0.717, 1.165) is 12.0 Å². The van der Waals surface area contributed by atoms with Crippen LogP contribution in [-0.4, -0.2) is 17.2 Å². The smallest absolute Gasteiger partial charge is 0.243 e. The third-order valence-corrected chi connectivity index (χ3v) is 4.61. The predicted molar refractivity (Wildman–Crippen MR) is 99.8 cm³/mol. The van der Waals surface area contributed by atoms with E-state index in [0.29, 0.717) is 0 Å². The maximum Gasteiger partial charge on any atom is 0.243 e. The molecule has 130 valence electrons. The van der Waals surface area contributed by atoms with Gasteiger partial charge in [-0.1, -0.05) is 45.0 Å². The number of phenolic OH excluding ortho intramolecular Hbond substituents is 1. The first-order valence-electron chi connectivity index (χ1n) is 8.57. The SMILES string of the molecule is CC(C)(C)c1ccc(C2CC2C(=O)N/N=C\c2ccc(O)cc2)cc1. The Hall–Kier alpha value is -2.62. The van der Waals surface area contributed by atoms with Gasteiger partial charge in [0.15, 0.2) is 0 Å². The molecule has 3 rings (SSSR count). The number of nitrogens with one attached hydrogen (secondary N) is 1. The average molecular weight is 336 g/mol. The number of aromatic hydroxyl groups is 1. The zero-order chi connectivity index (χ0) is 18.0. The molecule has 1 saturated carbocycles. The molecule has 2 atom stereocenters. The van der Waals surface area contributed by atoms with Crippen molar-refractivity contribution in [3.8, 4) is 5.75 Å². The second-order valence-electron chi connectivity index (χ2n) is 7.65. The number of hydrogen-bond donors (Lipinski definition) is 2. The normalized spacial score (nSPS) is 19.8. The molecule has 2 aromatic carbocycles. The minimum Gasteiger partial charge on any atom is -0.508 e. The molecule has 0 aromatic heterocycles. The van der Waals surface area contributed by atoms with Crippen molar-refractivity contribution in [1.82, 2.24) is 5.43 Å². The van der Waals surface area contributed by atoms with Crippen molar-refractivity contribution >= 4 is 12.1 Å². The van der Waals surface area contributed by atoms with Crippen molar-refractivity contribution in [3.05, 3.63) is 65.2 Å². The maximum absolute atomic E-state index is 12.2. The van der Waals surface area contributed by atoms with Crippen LogP contribution in [0.5, 0.6) is 5.75 Å². The van der Waals surface area contributed by atoms with E-state index in [-0.39, 0.29) is 28.9 Å². The van der Waals surface area contributed by atoms with E-state index in [9.17, 15) is 9.90 Å². The standard InChI is InChI=1S/C21H24N2O2/c1-21(2,3)16-8-6-15(7-9-16)18-12-19(18)20(25)23-22-13-14-4-10-17(24)11-5-14/h4-11,13,18-19,24H,12H2,1-3H3,(H,23,25)/b22-13-. The average Bonchev–Trinajstić information content (AvgIpc) is 3.37. The molecule has 1 aliphatic carbocycles. The second kappa shape index (κ2) is 6.71. The molecule has 4 heteroatoms. The molecule has 1 fully saturated rings. The topological polar surface area (TPSA) is 61.7 Å². The molecule has 2 aromatic rings. The summed E-state index contributed by atoms with van der Waals surface area (Å²) in [6, 6.07) is 15.2. The van der Waals surface area contributed by atoms with Gasteiger partial charge in [0.25, 0.3) is 0 Å². The fourth-order valence-corrected chi connectivity index (χ4v) is 2.90. The van der Waals surface area contributed by atoms with Crippen molar-refractivity contribution in [2.24, 2.45) is 11.0 Å². The number of phenols is 1. The number of carbonyl (C=O) groups excluding carboxylic acids is 1. The number of rotatable bonds is 4. The Morgan fingerprint density at radius 2 is 1.76 bits per heavy atom. The maximum atomic E-state index is 12.2. The molecule has 2 N–H and O–H groups in total. The molecule has 1 amide bonds. The fourth-order valence-electron chi connectivity index (χ4n) is 2.90. The van der Waals surface area contributed by atoms with Crippen molar-refractivity contribution in [1.29, 1.82) is 0 Å². The molecule has 4 nitrogen and oxygen atoms in total.